The Morgan fingerprint density at radius 1 is 1.41 bits per heavy atom. The Bertz CT molecular complexity index is 361. The molecule has 0 saturated carbocycles. The van der Waals surface area contributed by atoms with Crippen LogP contribution in [0.1, 0.15) is 38.4 Å². The summed E-state index contributed by atoms with van der Waals surface area (Å²) in [5, 5.41) is 0. The molecule has 2 N–H and O–H groups in total. The van der Waals surface area contributed by atoms with Crippen molar-refractivity contribution in [2.24, 2.45) is 11.7 Å². The molecule has 0 aliphatic carbocycles. The molecule has 4 heteroatoms. The van der Waals surface area contributed by atoms with Gasteiger partial charge in [0.2, 0.25) is 5.95 Å². The summed E-state index contributed by atoms with van der Waals surface area (Å²) in [4.78, 5) is 7.07. The first kappa shape index (κ1) is 12.4. The van der Waals surface area contributed by atoms with Crippen LogP contribution in [-0.2, 0) is 0 Å². The van der Waals surface area contributed by atoms with Crippen molar-refractivity contribution >= 4 is 5.95 Å². The summed E-state index contributed by atoms with van der Waals surface area (Å²) in [5.41, 5.74) is 6.84. The summed E-state index contributed by atoms with van der Waals surface area (Å²) < 4.78 is 2.28. The summed E-state index contributed by atoms with van der Waals surface area (Å²) in [6, 6.07) is 0.471. The molecule has 0 atom stereocenters. The van der Waals surface area contributed by atoms with E-state index in [0.29, 0.717) is 12.0 Å². The molecule has 17 heavy (non-hydrogen) atoms. The van der Waals surface area contributed by atoms with Gasteiger partial charge in [-0.3, -0.25) is 0 Å². The minimum Gasteiger partial charge on any atom is -0.342 e. The quantitative estimate of drug-likeness (QED) is 0.872. The van der Waals surface area contributed by atoms with E-state index in [-0.39, 0.29) is 0 Å². The Labute approximate surface area is 104 Å². The monoisotopic (exact) mass is 236 g/mol. The Kier molecular flexibility index (Phi) is 3.72. The molecule has 2 rings (SSSR count). The Balaban J connectivity index is 2.12. The maximum Gasteiger partial charge on any atom is 0.205 e. The maximum atomic E-state index is 5.73. The highest BCUT2D eigenvalue weighted by Crippen LogP contribution is 2.24. The second-order valence-corrected chi connectivity index (χ2v) is 5.35. The molecule has 1 saturated heterocycles. The zero-order chi connectivity index (χ0) is 12.4. The number of nitrogens with two attached hydrogens (primary N) is 1. The number of aryl methyl sites for hydroxylation is 1. The fourth-order valence-electron chi connectivity index (χ4n) is 2.49. The molecule has 0 unspecified atom stereocenters. The molecule has 0 radical (unpaired) electrons. The van der Waals surface area contributed by atoms with Gasteiger partial charge in [-0.2, -0.15) is 0 Å². The lowest BCUT2D eigenvalue weighted by Gasteiger charge is -2.33. The number of anilines is 1. The summed E-state index contributed by atoms with van der Waals surface area (Å²) >= 11 is 0. The van der Waals surface area contributed by atoms with Crippen LogP contribution in [0.3, 0.4) is 0 Å². The largest absolute Gasteiger partial charge is 0.342 e. The number of piperidine rings is 1. The lowest BCUT2D eigenvalue weighted by molar-refractivity contribution is 0.406. The Morgan fingerprint density at radius 3 is 2.59 bits per heavy atom. The van der Waals surface area contributed by atoms with Gasteiger partial charge in [-0.25, -0.2) is 4.98 Å². The Hall–Kier alpha value is -1.03. The van der Waals surface area contributed by atoms with Crippen molar-refractivity contribution in [2.75, 3.05) is 24.5 Å². The van der Waals surface area contributed by atoms with Crippen LogP contribution in [-0.4, -0.2) is 29.2 Å². The standard InChI is InChI=1S/C13H24N4/c1-10(2)17-9-11(3)15-13(17)16-6-4-12(8-14)5-7-16/h9-10,12H,4-8,14H2,1-3H3. The normalized spacial score (nSPS) is 18.1. The van der Waals surface area contributed by atoms with Crippen molar-refractivity contribution in [3.63, 3.8) is 0 Å². The summed E-state index contributed by atoms with van der Waals surface area (Å²) in [6.07, 6.45) is 4.54. The molecule has 2 heterocycles. The van der Waals surface area contributed by atoms with E-state index in [1.807, 2.05) is 0 Å². The van der Waals surface area contributed by atoms with E-state index in [2.05, 4.69) is 41.4 Å². The molecule has 4 nitrogen and oxygen atoms in total. The average molecular weight is 236 g/mol. The number of hydrogen-bond acceptors (Lipinski definition) is 3. The minimum absolute atomic E-state index is 0.471. The van der Waals surface area contributed by atoms with Crippen LogP contribution in [0.25, 0.3) is 0 Å². The van der Waals surface area contributed by atoms with E-state index in [9.17, 15) is 0 Å². The fourth-order valence-corrected chi connectivity index (χ4v) is 2.49. The van der Waals surface area contributed by atoms with E-state index in [1.165, 1.54) is 12.8 Å². The average Bonchev–Trinajstić information content (AvgIpc) is 2.72. The molecule has 1 aromatic heterocycles. The van der Waals surface area contributed by atoms with Gasteiger partial charge in [-0.05, 0) is 46.1 Å². The number of imidazole rings is 1. The van der Waals surface area contributed by atoms with Gasteiger partial charge in [0.25, 0.3) is 0 Å². The third-order valence-corrected chi connectivity index (χ3v) is 3.62. The van der Waals surface area contributed by atoms with Crippen LogP contribution >= 0.6 is 0 Å². The third-order valence-electron chi connectivity index (χ3n) is 3.62. The predicted molar refractivity (Wildman–Crippen MR) is 71.3 cm³/mol. The van der Waals surface area contributed by atoms with Gasteiger partial charge in [0, 0.05) is 25.3 Å². The van der Waals surface area contributed by atoms with Crippen LogP contribution in [0.5, 0.6) is 0 Å². The SMILES string of the molecule is Cc1cn(C(C)C)c(N2CCC(CN)CC2)n1. The first-order chi connectivity index (χ1) is 8.11. The van der Waals surface area contributed by atoms with Crippen molar-refractivity contribution in [3.05, 3.63) is 11.9 Å². The van der Waals surface area contributed by atoms with Gasteiger partial charge in [0.1, 0.15) is 0 Å². The summed E-state index contributed by atoms with van der Waals surface area (Å²) in [6.45, 7) is 9.48. The van der Waals surface area contributed by atoms with Crippen molar-refractivity contribution in [3.8, 4) is 0 Å². The number of nitrogens with zero attached hydrogens (tertiary/aromatic N) is 3. The third kappa shape index (κ3) is 2.63. The van der Waals surface area contributed by atoms with Crippen molar-refractivity contribution < 1.29 is 0 Å². The molecule has 96 valence electrons. The molecular weight excluding hydrogens is 212 g/mol. The van der Waals surface area contributed by atoms with Crippen molar-refractivity contribution in [1.29, 1.82) is 0 Å². The van der Waals surface area contributed by atoms with Crippen LogP contribution in [0.15, 0.2) is 6.20 Å². The summed E-state index contributed by atoms with van der Waals surface area (Å²) in [5.74, 6) is 1.84. The second kappa shape index (κ2) is 5.08. The first-order valence-electron chi connectivity index (χ1n) is 6.62. The molecule has 1 aliphatic rings. The molecule has 0 amide bonds. The lowest BCUT2D eigenvalue weighted by atomic mass is 9.97. The number of rotatable bonds is 3. The van der Waals surface area contributed by atoms with E-state index < -0.39 is 0 Å². The minimum atomic E-state index is 0.471. The van der Waals surface area contributed by atoms with E-state index in [4.69, 9.17) is 5.73 Å². The lowest BCUT2D eigenvalue weighted by Crippen LogP contribution is -2.37. The van der Waals surface area contributed by atoms with E-state index in [0.717, 1.165) is 31.3 Å². The summed E-state index contributed by atoms with van der Waals surface area (Å²) in [7, 11) is 0. The van der Waals surface area contributed by atoms with Crippen LogP contribution in [0, 0.1) is 12.8 Å². The zero-order valence-electron chi connectivity index (χ0n) is 11.2. The molecule has 1 aromatic rings. The molecule has 0 aromatic carbocycles. The van der Waals surface area contributed by atoms with Gasteiger partial charge in [-0.1, -0.05) is 0 Å². The van der Waals surface area contributed by atoms with Crippen LogP contribution in [0.4, 0.5) is 5.95 Å². The van der Waals surface area contributed by atoms with Crippen molar-refractivity contribution in [1.82, 2.24) is 9.55 Å². The molecular formula is C13H24N4. The maximum absolute atomic E-state index is 5.73. The fraction of sp³-hybridized carbons (Fsp3) is 0.769. The highest BCUT2D eigenvalue weighted by Gasteiger charge is 2.22. The molecule has 0 spiro atoms. The smallest absolute Gasteiger partial charge is 0.205 e. The highest BCUT2D eigenvalue weighted by atomic mass is 15.3. The molecule has 0 bridgehead atoms. The van der Waals surface area contributed by atoms with E-state index in [1.54, 1.807) is 0 Å². The van der Waals surface area contributed by atoms with Gasteiger partial charge in [-0.15, -0.1) is 0 Å². The second-order valence-electron chi connectivity index (χ2n) is 5.35. The Morgan fingerprint density at radius 2 is 2.06 bits per heavy atom. The number of hydrogen-bond donors (Lipinski definition) is 1. The van der Waals surface area contributed by atoms with Crippen LogP contribution < -0.4 is 10.6 Å². The van der Waals surface area contributed by atoms with Gasteiger partial charge >= 0.3 is 0 Å². The highest BCUT2D eigenvalue weighted by molar-refractivity contribution is 5.34. The topological polar surface area (TPSA) is 47.1 Å². The zero-order valence-corrected chi connectivity index (χ0v) is 11.2. The predicted octanol–water partition coefficient (Wildman–Crippen LogP) is 1.95. The van der Waals surface area contributed by atoms with E-state index >= 15 is 0 Å². The molecule has 1 aliphatic heterocycles. The number of aromatic nitrogens is 2. The van der Waals surface area contributed by atoms with Gasteiger partial charge in [0.05, 0.1) is 5.69 Å². The molecule has 1 fully saturated rings. The van der Waals surface area contributed by atoms with Crippen molar-refractivity contribution in [2.45, 2.75) is 39.7 Å². The van der Waals surface area contributed by atoms with Gasteiger partial charge < -0.3 is 15.2 Å². The van der Waals surface area contributed by atoms with Crippen LogP contribution in [0.2, 0.25) is 0 Å². The van der Waals surface area contributed by atoms with Gasteiger partial charge in [0.15, 0.2) is 0 Å². The first-order valence-corrected chi connectivity index (χ1v) is 6.62.